The van der Waals surface area contributed by atoms with Crippen LogP contribution in [-0.4, -0.2) is 5.91 Å². The maximum Gasteiger partial charge on any atom is 0.228 e. The molecule has 1 aromatic carbocycles. The van der Waals surface area contributed by atoms with Crippen molar-refractivity contribution in [1.29, 1.82) is 0 Å². The molecule has 18 heavy (non-hydrogen) atoms. The van der Waals surface area contributed by atoms with E-state index in [-0.39, 0.29) is 17.2 Å². The standard InChI is InChI=1S/C16H21NO/c1-11(2)10-13-14(16(13,3)4)15(18)17-12-8-6-5-7-9-12/h5-10,13-14H,1-4H3,(H,17,18)/t13-,14+/m0/s1. The van der Waals surface area contributed by atoms with Crippen molar-refractivity contribution >= 4 is 11.6 Å². The molecular formula is C16H21NO. The smallest absolute Gasteiger partial charge is 0.228 e. The first-order chi connectivity index (χ1) is 8.43. The van der Waals surface area contributed by atoms with Gasteiger partial charge < -0.3 is 5.32 Å². The number of carbonyl (C=O) groups excluding carboxylic acids is 1. The third-order valence-electron chi connectivity index (χ3n) is 3.75. The van der Waals surface area contributed by atoms with Crippen molar-refractivity contribution in [3.63, 3.8) is 0 Å². The molecule has 0 radical (unpaired) electrons. The van der Waals surface area contributed by atoms with E-state index in [1.807, 2.05) is 30.3 Å². The van der Waals surface area contributed by atoms with E-state index in [1.165, 1.54) is 5.57 Å². The third kappa shape index (κ3) is 2.47. The summed E-state index contributed by atoms with van der Waals surface area (Å²) < 4.78 is 0. The molecule has 2 nitrogen and oxygen atoms in total. The molecule has 0 unspecified atom stereocenters. The highest BCUT2D eigenvalue weighted by Gasteiger charge is 2.60. The zero-order valence-electron chi connectivity index (χ0n) is 11.5. The molecule has 0 saturated heterocycles. The lowest BCUT2D eigenvalue weighted by Crippen LogP contribution is -2.16. The quantitative estimate of drug-likeness (QED) is 0.802. The predicted octanol–water partition coefficient (Wildman–Crippen LogP) is 3.86. The molecule has 0 heterocycles. The van der Waals surface area contributed by atoms with Crippen LogP contribution in [0.1, 0.15) is 27.7 Å². The molecule has 0 aromatic heterocycles. The molecule has 0 spiro atoms. The van der Waals surface area contributed by atoms with Crippen LogP contribution in [0.25, 0.3) is 0 Å². The summed E-state index contributed by atoms with van der Waals surface area (Å²) in [6.07, 6.45) is 2.22. The highest BCUT2D eigenvalue weighted by Crippen LogP contribution is 2.59. The average Bonchev–Trinajstić information content (AvgIpc) is 2.80. The largest absolute Gasteiger partial charge is 0.326 e. The summed E-state index contributed by atoms with van der Waals surface area (Å²) >= 11 is 0. The summed E-state index contributed by atoms with van der Waals surface area (Å²) in [6, 6.07) is 9.65. The first-order valence-electron chi connectivity index (χ1n) is 6.44. The Morgan fingerprint density at radius 3 is 2.39 bits per heavy atom. The van der Waals surface area contributed by atoms with Gasteiger partial charge in [0.25, 0.3) is 0 Å². The minimum Gasteiger partial charge on any atom is -0.326 e. The number of benzene rings is 1. The average molecular weight is 243 g/mol. The number of rotatable bonds is 3. The molecule has 2 heteroatoms. The summed E-state index contributed by atoms with van der Waals surface area (Å²) in [6.45, 7) is 8.49. The van der Waals surface area contributed by atoms with Gasteiger partial charge in [-0.1, -0.05) is 43.7 Å². The van der Waals surface area contributed by atoms with Gasteiger partial charge in [-0.25, -0.2) is 0 Å². The van der Waals surface area contributed by atoms with Crippen molar-refractivity contribution in [3.8, 4) is 0 Å². The molecule has 96 valence electrons. The second kappa shape index (κ2) is 4.60. The van der Waals surface area contributed by atoms with Crippen LogP contribution in [0.4, 0.5) is 5.69 Å². The molecule has 1 amide bonds. The summed E-state index contributed by atoms with van der Waals surface area (Å²) in [5.41, 5.74) is 2.24. The zero-order valence-corrected chi connectivity index (χ0v) is 11.5. The second-order valence-corrected chi connectivity index (χ2v) is 5.92. The van der Waals surface area contributed by atoms with E-state index >= 15 is 0 Å². The molecule has 2 rings (SSSR count). The fourth-order valence-corrected chi connectivity index (χ4v) is 2.59. The van der Waals surface area contributed by atoms with Crippen molar-refractivity contribution in [2.45, 2.75) is 27.7 Å². The van der Waals surface area contributed by atoms with Crippen molar-refractivity contribution in [1.82, 2.24) is 0 Å². The van der Waals surface area contributed by atoms with Crippen molar-refractivity contribution in [3.05, 3.63) is 42.0 Å². The summed E-state index contributed by atoms with van der Waals surface area (Å²) in [5, 5.41) is 2.99. The number of hydrogen-bond donors (Lipinski definition) is 1. The van der Waals surface area contributed by atoms with Gasteiger partial charge in [-0.15, -0.1) is 0 Å². The van der Waals surface area contributed by atoms with Gasteiger partial charge in [0.1, 0.15) is 0 Å². The van der Waals surface area contributed by atoms with Gasteiger partial charge >= 0.3 is 0 Å². The summed E-state index contributed by atoms with van der Waals surface area (Å²) in [4.78, 5) is 12.2. The van der Waals surface area contributed by atoms with Gasteiger partial charge in [0.2, 0.25) is 5.91 Å². The van der Waals surface area contributed by atoms with E-state index in [9.17, 15) is 4.79 Å². The normalized spacial score (nSPS) is 24.2. The minimum atomic E-state index is 0.0795. The lowest BCUT2D eigenvalue weighted by molar-refractivity contribution is -0.118. The Hall–Kier alpha value is -1.57. The molecule has 1 N–H and O–H groups in total. The number of carbonyl (C=O) groups is 1. The van der Waals surface area contributed by atoms with E-state index in [0.717, 1.165) is 5.69 Å². The molecule has 1 saturated carbocycles. The maximum absolute atomic E-state index is 12.2. The van der Waals surface area contributed by atoms with Crippen LogP contribution in [0, 0.1) is 17.3 Å². The molecule has 1 aliphatic carbocycles. The maximum atomic E-state index is 12.2. The van der Waals surface area contributed by atoms with Crippen molar-refractivity contribution < 1.29 is 4.79 Å². The lowest BCUT2D eigenvalue weighted by Gasteiger charge is -2.05. The van der Waals surface area contributed by atoms with Crippen molar-refractivity contribution in [2.75, 3.05) is 5.32 Å². The highest BCUT2D eigenvalue weighted by molar-refractivity contribution is 5.95. The van der Waals surface area contributed by atoms with Gasteiger partial charge in [-0.05, 0) is 37.3 Å². The first kappa shape index (κ1) is 12.9. The van der Waals surface area contributed by atoms with Crippen LogP contribution in [0.2, 0.25) is 0 Å². The summed E-state index contributed by atoms with van der Waals surface area (Å²) in [5.74, 6) is 0.590. The van der Waals surface area contributed by atoms with Crippen LogP contribution in [-0.2, 0) is 4.79 Å². The summed E-state index contributed by atoms with van der Waals surface area (Å²) in [7, 11) is 0. The van der Waals surface area contributed by atoms with E-state index < -0.39 is 0 Å². The predicted molar refractivity (Wildman–Crippen MR) is 75.3 cm³/mol. The second-order valence-electron chi connectivity index (χ2n) is 5.92. The van der Waals surface area contributed by atoms with Crippen LogP contribution >= 0.6 is 0 Å². The molecule has 1 aliphatic rings. The van der Waals surface area contributed by atoms with E-state index in [1.54, 1.807) is 0 Å². The molecule has 0 bridgehead atoms. The van der Waals surface area contributed by atoms with Gasteiger partial charge in [-0.3, -0.25) is 4.79 Å². The van der Waals surface area contributed by atoms with E-state index in [4.69, 9.17) is 0 Å². The van der Waals surface area contributed by atoms with Gasteiger partial charge in [0.15, 0.2) is 0 Å². The number of anilines is 1. The fraction of sp³-hybridized carbons (Fsp3) is 0.438. The first-order valence-corrected chi connectivity index (χ1v) is 6.44. The number of nitrogens with one attached hydrogen (secondary N) is 1. The van der Waals surface area contributed by atoms with E-state index in [0.29, 0.717) is 5.92 Å². The Morgan fingerprint density at radius 1 is 1.22 bits per heavy atom. The molecule has 2 atom stereocenters. The fourth-order valence-electron chi connectivity index (χ4n) is 2.59. The van der Waals surface area contributed by atoms with Gasteiger partial charge in [-0.2, -0.15) is 0 Å². The van der Waals surface area contributed by atoms with Gasteiger partial charge in [0, 0.05) is 5.69 Å². The van der Waals surface area contributed by atoms with Crippen LogP contribution in [0.5, 0.6) is 0 Å². The lowest BCUT2D eigenvalue weighted by atomic mass is 10.1. The molecule has 1 fully saturated rings. The minimum absolute atomic E-state index is 0.0795. The topological polar surface area (TPSA) is 29.1 Å². The SMILES string of the molecule is CC(C)=C[C@H]1[C@H](C(=O)Nc2ccccc2)C1(C)C. The molecule has 0 aliphatic heterocycles. The Balaban J connectivity index is 2.05. The Bertz CT molecular complexity index is 469. The van der Waals surface area contributed by atoms with Crippen LogP contribution in [0.3, 0.4) is 0 Å². The number of hydrogen-bond acceptors (Lipinski definition) is 1. The highest BCUT2D eigenvalue weighted by atomic mass is 16.2. The molecule has 1 aromatic rings. The monoisotopic (exact) mass is 243 g/mol. The van der Waals surface area contributed by atoms with Crippen LogP contribution in [0.15, 0.2) is 42.0 Å². The van der Waals surface area contributed by atoms with E-state index in [2.05, 4.69) is 39.1 Å². The third-order valence-corrected chi connectivity index (χ3v) is 3.75. The Kier molecular flexibility index (Phi) is 3.29. The van der Waals surface area contributed by atoms with Crippen LogP contribution < -0.4 is 5.32 Å². The molecular weight excluding hydrogens is 222 g/mol. The number of allylic oxidation sites excluding steroid dienone is 2. The van der Waals surface area contributed by atoms with Gasteiger partial charge in [0.05, 0.1) is 5.92 Å². The number of para-hydroxylation sites is 1. The Labute approximate surface area is 109 Å². The Morgan fingerprint density at radius 2 is 1.83 bits per heavy atom. The zero-order chi connectivity index (χ0) is 13.3. The van der Waals surface area contributed by atoms with Crippen molar-refractivity contribution in [2.24, 2.45) is 17.3 Å². The number of amides is 1.